The number of hydrogen-bond acceptors (Lipinski definition) is 5. The van der Waals surface area contributed by atoms with Gasteiger partial charge in [-0.25, -0.2) is 4.98 Å². The molecular weight excluding hydrogens is 471 g/mol. The number of carbonyl (C=O) groups excluding carboxylic acids is 1. The van der Waals surface area contributed by atoms with E-state index in [-0.39, 0.29) is 24.0 Å². The molecule has 0 radical (unpaired) electrons. The number of carbonyl (C=O) groups is 1. The summed E-state index contributed by atoms with van der Waals surface area (Å²) in [7, 11) is 1.38. The van der Waals surface area contributed by atoms with Gasteiger partial charge in [-0.2, -0.15) is 13.2 Å². The molecule has 6 nitrogen and oxygen atoms in total. The molecule has 0 amide bonds. The van der Waals surface area contributed by atoms with Crippen LogP contribution in [0.25, 0.3) is 16.8 Å². The molecule has 0 unspecified atom stereocenters. The second-order valence-electron chi connectivity index (χ2n) is 8.79. The Hall–Kier alpha value is -4.01. The summed E-state index contributed by atoms with van der Waals surface area (Å²) in [6.07, 6.45) is -1.53. The lowest BCUT2D eigenvalue weighted by atomic mass is 9.97. The lowest BCUT2D eigenvalue weighted by molar-refractivity contribution is -0.141. The first-order chi connectivity index (χ1) is 17.2. The van der Waals surface area contributed by atoms with Crippen molar-refractivity contribution in [1.29, 1.82) is 0 Å². The van der Waals surface area contributed by atoms with Gasteiger partial charge in [-0.15, -0.1) is 0 Å². The minimum Gasteiger partial charge on any atom is -0.493 e. The SMILES string of the molecule is COC(=O)C[C@@H]1COc2cc(NCc3cccc(-c4ccc5nc(C(F)(F)F)cn5c4)c3C)ccc21. The maximum Gasteiger partial charge on any atom is 0.434 e. The van der Waals surface area contributed by atoms with E-state index in [9.17, 15) is 18.0 Å². The number of nitrogens with zero attached hydrogens (tertiary/aromatic N) is 2. The number of nitrogens with one attached hydrogen (secondary N) is 1. The van der Waals surface area contributed by atoms with E-state index in [1.807, 2.05) is 43.3 Å². The van der Waals surface area contributed by atoms with Crippen molar-refractivity contribution in [2.45, 2.75) is 32.0 Å². The normalized spacial score (nSPS) is 15.0. The van der Waals surface area contributed by atoms with Crippen LogP contribution in [-0.4, -0.2) is 29.1 Å². The largest absolute Gasteiger partial charge is 0.493 e. The fraction of sp³-hybridized carbons (Fsp3) is 0.259. The predicted molar refractivity (Wildman–Crippen MR) is 129 cm³/mol. The summed E-state index contributed by atoms with van der Waals surface area (Å²) in [5, 5.41) is 3.41. The molecule has 1 atom stereocenters. The molecule has 3 heterocycles. The van der Waals surface area contributed by atoms with E-state index >= 15 is 0 Å². The minimum atomic E-state index is -4.49. The first-order valence-electron chi connectivity index (χ1n) is 11.4. The molecule has 0 aliphatic carbocycles. The lowest BCUT2D eigenvalue weighted by Gasteiger charge is -2.14. The summed E-state index contributed by atoms with van der Waals surface area (Å²) in [6.45, 7) is 2.99. The molecule has 9 heteroatoms. The van der Waals surface area contributed by atoms with E-state index in [1.165, 1.54) is 11.5 Å². The van der Waals surface area contributed by atoms with Crippen LogP contribution < -0.4 is 10.1 Å². The third-order valence-corrected chi connectivity index (χ3v) is 6.52. The number of esters is 1. The molecule has 1 N–H and O–H groups in total. The van der Waals surface area contributed by atoms with Crippen molar-refractivity contribution < 1.29 is 27.4 Å². The molecule has 2 aromatic carbocycles. The monoisotopic (exact) mass is 495 g/mol. The highest BCUT2D eigenvalue weighted by Crippen LogP contribution is 2.38. The topological polar surface area (TPSA) is 64.9 Å². The van der Waals surface area contributed by atoms with Crippen LogP contribution in [0.15, 0.2) is 60.9 Å². The van der Waals surface area contributed by atoms with Crippen LogP contribution in [-0.2, 0) is 22.3 Å². The summed E-state index contributed by atoms with van der Waals surface area (Å²) in [4.78, 5) is 15.3. The molecule has 5 rings (SSSR count). The molecule has 36 heavy (non-hydrogen) atoms. The zero-order valence-electron chi connectivity index (χ0n) is 19.7. The van der Waals surface area contributed by atoms with Gasteiger partial charge in [0.15, 0.2) is 5.69 Å². The van der Waals surface area contributed by atoms with Crippen LogP contribution in [0.1, 0.15) is 34.7 Å². The first-order valence-corrected chi connectivity index (χ1v) is 11.4. The van der Waals surface area contributed by atoms with E-state index in [2.05, 4.69) is 10.3 Å². The van der Waals surface area contributed by atoms with Gasteiger partial charge in [-0.05, 0) is 47.4 Å². The van der Waals surface area contributed by atoms with Gasteiger partial charge in [-0.1, -0.05) is 24.3 Å². The Labute approximate surface area is 205 Å². The van der Waals surface area contributed by atoms with Crippen LogP contribution in [0, 0.1) is 6.92 Å². The van der Waals surface area contributed by atoms with Gasteiger partial charge in [0.05, 0.1) is 20.1 Å². The van der Waals surface area contributed by atoms with Gasteiger partial charge in [0.25, 0.3) is 0 Å². The number of ether oxygens (including phenoxy) is 2. The third-order valence-electron chi connectivity index (χ3n) is 6.52. The van der Waals surface area contributed by atoms with Gasteiger partial charge in [-0.3, -0.25) is 4.79 Å². The number of alkyl halides is 3. The molecule has 0 saturated carbocycles. The Morgan fingerprint density at radius 2 is 2.03 bits per heavy atom. The molecule has 1 aliphatic rings. The van der Waals surface area contributed by atoms with E-state index in [1.54, 1.807) is 18.3 Å². The number of imidazole rings is 1. The van der Waals surface area contributed by atoms with Gasteiger partial charge >= 0.3 is 12.1 Å². The van der Waals surface area contributed by atoms with Crippen molar-refractivity contribution in [2.24, 2.45) is 0 Å². The van der Waals surface area contributed by atoms with Crippen molar-refractivity contribution in [3.05, 3.63) is 83.3 Å². The van der Waals surface area contributed by atoms with E-state index in [0.29, 0.717) is 13.2 Å². The van der Waals surface area contributed by atoms with Crippen molar-refractivity contribution in [1.82, 2.24) is 9.38 Å². The molecule has 186 valence electrons. The molecule has 0 bridgehead atoms. The maximum atomic E-state index is 13.0. The van der Waals surface area contributed by atoms with Gasteiger partial charge in [0.1, 0.15) is 11.4 Å². The number of benzene rings is 2. The highest BCUT2D eigenvalue weighted by Gasteiger charge is 2.34. The van der Waals surface area contributed by atoms with Crippen LogP contribution in [0.2, 0.25) is 0 Å². The van der Waals surface area contributed by atoms with Gasteiger partial charge in [0.2, 0.25) is 0 Å². The minimum absolute atomic E-state index is 0.0135. The number of halogens is 3. The molecule has 0 spiro atoms. The van der Waals surface area contributed by atoms with Crippen LogP contribution in [0.4, 0.5) is 18.9 Å². The lowest BCUT2D eigenvalue weighted by Crippen LogP contribution is -2.09. The zero-order chi connectivity index (χ0) is 25.4. The smallest absolute Gasteiger partial charge is 0.434 e. The fourth-order valence-corrected chi connectivity index (χ4v) is 4.51. The Morgan fingerprint density at radius 3 is 2.81 bits per heavy atom. The molecule has 0 saturated heterocycles. The molecule has 2 aromatic heterocycles. The number of hydrogen-bond donors (Lipinski definition) is 1. The summed E-state index contributed by atoms with van der Waals surface area (Å²) in [6, 6.07) is 15.1. The highest BCUT2D eigenvalue weighted by atomic mass is 19.4. The van der Waals surface area contributed by atoms with E-state index in [4.69, 9.17) is 9.47 Å². The molecule has 1 aliphatic heterocycles. The van der Waals surface area contributed by atoms with Crippen LogP contribution in [0.3, 0.4) is 0 Å². The zero-order valence-corrected chi connectivity index (χ0v) is 19.7. The second-order valence-corrected chi connectivity index (χ2v) is 8.79. The summed E-state index contributed by atoms with van der Waals surface area (Å²) < 4.78 is 51.1. The standard InChI is InChI=1S/C27H24F3N3O3/c1-16-17(12-31-20-7-8-22-19(10-26(34)35-2)15-36-23(22)11-20)4-3-5-21(16)18-6-9-25-32-24(27(28,29)30)14-33(25)13-18/h3-9,11,13-14,19,31H,10,12,15H2,1-2H3/t19-/m1/s1. The van der Waals surface area contributed by atoms with Crippen LogP contribution >= 0.6 is 0 Å². The van der Waals surface area contributed by atoms with Gasteiger partial charge in [0, 0.05) is 42.2 Å². The number of aromatic nitrogens is 2. The molecular formula is C27H24F3N3O3. The van der Waals surface area contributed by atoms with Crippen molar-refractivity contribution in [3.63, 3.8) is 0 Å². The average molecular weight is 496 g/mol. The van der Waals surface area contributed by atoms with Crippen molar-refractivity contribution >= 4 is 17.3 Å². The molecule has 0 fully saturated rings. The highest BCUT2D eigenvalue weighted by molar-refractivity contribution is 5.71. The number of anilines is 1. The first kappa shape index (κ1) is 23.7. The number of fused-ring (bicyclic) bond motifs is 2. The van der Waals surface area contributed by atoms with Gasteiger partial charge < -0.3 is 19.2 Å². The van der Waals surface area contributed by atoms with Crippen LogP contribution in [0.5, 0.6) is 5.75 Å². The Kier molecular flexibility index (Phi) is 6.07. The Morgan fingerprint density at radius 1 is 1.19 bits per heavy atom. The maximum absolute atomic E-state index is 13.0. The predicted octanol–water partition coefficient (Wildman–Crippen LogP) is 5.98. The molecule has 4 aromatic rings. The quantitative estimate of drug-likeness (QED) is 0.334. The summed E-state index contributed by atoms with van der Waals surface area (Å²) >= 11 is 0. The fourth-order valence-electron chi connectivity index (χ4n) is 4.51. The van der Waals surface area contributed by atoms with E-state index < -0.39 is 11.9 Å². The summed E-state index contributed by atoms with van der Waals surface area (Å²) in [5.41, 5.74) is 5.02. The Bertz CT molecular complexity index is 1450. The number of methoxy groups -OCH3 is 1. The summed E-state index contributed by atoms with van der Waals surface area (Å²) in [5.74, 6) is 0.480. The third kappa shape index (κ3) is 4.60. The van der Waals surface area contributed by atoms with E-state index in [0.717, 1.165) is 45.5 Å². The van der Waals surface area contributed by atoms with Crippen molar-refractivity contribution in [2.75, 3.05) is 19.0 Å². The number of rotatable bonds is 6. The second kappa shape index (κ2) is 9.22. The number of pyridine rings is 1. The Balaban J connectivity index is 1.33. The average Bonchev–Trinajstić information content (AvgIpc) is 3.47. The van der Waals surface area contributed by atoms with Crippen molar-refractivity contribution in [3.8, 4) is 16.9 Å².